The van der Waals surface area contributed by atoms with Crippen molar-refractivity contribution in [1.29, 1.82) is 0 Å². The van der Waals surface area contributed by atoms with Crippen molar-refractivity contribution in [2.75, 3.05) is 32.9 Å². The minimum atomic E-state index is -3.46. The number of fused-ring (bicyclic) bond motifs is 1. The van der Waals surface area contributed by atoms with Gasteiger partial charge in [0.25, 0.3) is 0 Å². The van der Waals surface area contributed by atoms with Crippen LogP contribution in [0.5, 0.6) is 0 Å². The summed E-state index contributed by atoms with van der Waals surface area (Å²) in [5, 5.41) is 1.13. The molecule has 1 N–H and O–H groups in total. The molecule has 0 bridgehead atoms. The summed E-state index contributed by atoms with van der Waals surface area (Å²) >= 11 is 0. The van der Waals surface area contributed by atoms with Crippen LogP contribution in [-0.4, -0.2) is 63.4 Å². The third-order valence-electron chi connectivity index (χ3n) is 6.33. The second-order valence-corrected chi connectivity index (χ2v) is 12.8. The molecule has 1 aliphatic heterocycles. The van der Waals surface area contributed by atoms with E-state index in [1.54, 1.807) is 23.4 Å². The fourth-order valence-electron chi connectivity index (χ4n) is 4.32. The standard InChI is InChI=1S/C23H29N3O4S2/c1-4-31(27,28)26-13-11-18(12-14-26)22-16-24-23-10-7-19(15-21(22)23)17-5-8-20(9-6-17)32(29,30)25(2)3/h5-10,15-16,18,24H,4,11-14H2,1-3H3. The highest BCUT2D eigenvalue weighted by atomic mass is 32.2. The number of nitrogens with zero attached hydrogens (tertiary/aromatic N) is 2. The van der Waals surface area contributed by atoms with Crippen LogP contribution in [0.15, 0.2) is 53.6 Å². The van der Waals surface area contributed by atoms with Gasteiger partial charge in [-0.15, -0.1) is 0 Å². The van der Waals surface area contributed by atoms with Gasteiger partial charge in [-0.05, 0) is 66.6 Å². The van der Waals surface area contributed by atoms with Crippen molar-refractivity contribution in [2.45, 2.75) is 30.6 Å². The summed E-state index contributed by atoms with van der Waals surface area (Å²) in [5.74, 6) is 0.442. The lowest BCUT2D eigenvalue weighted by Crippen LogP contribution is -2.38. The normalized spacial score (nSPS) is 16.8. The Kier molecular flexibility index (Phi) is 6.19. The lowest BCUT2D eigenvalue weighted by Gasteiger charge is -2.30. The average molecular weight is 476 g/mol. The Hall–Kier alpha value is -2.20. The van der Waals surface area contributed by atoms with E-state index in [9.17, 15) is 16.8 Å². The van der Waals surface area contributed by atoms with Gasteiger partial charge < -0.3 is 4.98 Å². The van der Waals surface area contributed by atoms with Crippen LogP contribution in [0.1, 0.15) is 31.2 Å². The van der Waals surface area contributed by atoms with E-state index in [1.165, 1.54) is 24.0 Å². The van der Waals surface area contributed by atoms with Gasteiger partial charge in [-0.25, -0.2) is 25.4 Å². The molecule has 0 radical (unpaired) electrons. The van der Waals surface area contributed by atoms with Gasteiger partial charge in [0.05, 0.1) is 10.6 Å². The maximum atomic E-state index is 12.3. The van der Waals surface area contributed by atoms with Crippen molar-refractivity contribution in [3.63, 3.8) is 0 Å². The topological polar surface area (TPSA) is 90.5 Å². The van der Waals surface area contributed by atoms with Crippen LogP contribution in [-0.2, 0) is 20.0 Å². The van der Waals surface area contributed by atoms with Crippen molar-refractivity contribution in [3.8, 4) is 11.1 Å². The number of aromatic amines is 1. The van der Waals surface area contributed by atoms with Crippen LogP contribution in [0, 0.1) is 0 Å². The number of sulfonamides is 2. The van der Waals surface area contributed by atoms with E-state index in [0.717, 1.165) is 34.9 Å². The van der Waals surface area contributed by atoms with Crippen LogP contribution in [0.3, 0.4) is 0 Å². The van der Waals surface area contributed by atoms with Gasteiger partial charge in [0.1, 0.15) is 0 Å². The van der Waals surface area contributed by atoms with E-state index >= 15 is 0 Å². The molecule has 0 saturated carbocycles. The molecule has 172 valence electrons. The first kappa shape index (κ1) is 23.0. The molecule has 32 heavy (non-hydrogen) atoms. The number of rotatable bonds is 6. The molecule has 1 aliphatic rings. The maximum absolute atomic E-state index is 12.3. The average Bonchev–Trinajstić information content (AvgIpc) is 3.22. The summed E-state index contributed by atoms with van der Waals surface area (Å²) in [6, 6.07) is 13.1. The first-order valence-electron chi connectivity index (χ1n) is 10.8. The first-order valence-corrected chi connectivity index (χ1v) is 13.8. The number of hydrogen-bond acceptors (Lipinski definition) is 4. The van der Waals surface area contributed by atoms with Gasteiger partial charge >= 0.3 is 0 Å². The Morgan fingerprint density at radius 2 is 1.59 bits per heavy atom. The Labute approximate surface area is 190 Å². The Morgan fingerprint density at radius 3 is 2.19 bits per heavy atom. The number of nitrogens with one attached hydrogen (secondary N) is 1. The van der Waals surface area contributed by atoms with Crippen molar-refractivity contribution in [1.82, 2.24) is 13.6 Å². The molecule has 0 atom stereocenters. The molecule has 0 aliphatic carbocycles. The summed E-state index contributed by atoms with van der Waals surface area (Å²) in [6.45, 7) is 2.79. The summed E-state index contributed by atoms with van der Waals surface area (Å²) in [4.78, 5) is 3.61. The van der Waals surface area contributed by atoms with Crippen molar-refractivity contribution in [3.05, 3.63) is 54.2 Å². The zero-order valence-electron chi connectivity index (χ0n) is 18.6. The Morgan fingerprint density at radius 1 is 0.969 bits per heavy atom. The van der Waals surface area contributed by atoms with E-state index in [-0.39, 0.29) is 10.6 Å². The molecule has 1 saturated heterocycles. The number of hydrogen-bond donors (Lipinski definition) is 1. The fraction of sp³-hybridized carbons (Fsp3) is 0.391. The summed E-state index contributed by atoms with van der Waals surface area (Å²) in [6.07, 6.45) is 3.64. The molecule has 3 aromatic rings. The van der Waals surface area contributed by atoms with E-state index < -0.39 is 20.0 Å². The summed E-state index contributed by atoms with van der Waals surface area (Å²) < 4.78 is 51.8. The predicted molar refractivity (Wildman–Crippen MR) is 128 cm³/mol. The highest BCUT2D eigenvalue weighted by molar-refractivity contribution is 7.89. The van der Waals surface area contributed by atoms with Crippen LogP contribution < -0.4 is 0 Å². The fourth-order valence-corrected chi connectivity index (χ4v) is 6.35. The van der Waals surface area contributed by atoms with E-state index in [4.69, 9.17) is 0 Å². The van der Waals surface area contributed by atoms with Gasteiger partial charge in [-0.1, -0.05) is 18.2 Å². The lowest BCUT2D eigenvalue weighted by atomic mass is 9.89. The van der Waals surface area contributed by atoms with Crippen LogP contribution in [0.4, 0.5) is 0 Å². The zero-order chi connectivity index (χ0) is 23.1. The van der Waals surface area contributed by atoms with Crippen LogP contribution in [0.2, 0.25) is 0 Å². The van der Waals surface area contributed by atoms with Gasteiger partial charge in [0.2, 0.25) is 20.0 Å². The molecule has 0 spiro atoms. The highest BCUT2D eigenvalue weighted by Gasteiger charge is 2.28. The number of H-pyrrole nitrogens is 1. The largest absolute Gasteiger partial charge is 0.361 e. The lowest BCUT2D eigenvalue weighted by molar-refractivity contribution is 0.321. The SMILES string of the molecule is CCS(=O)(=O)N1CCC(c2c[nH]c3ccc(-c4ccc(S(=O)(=O)N(C)C)cc4)cc23)CC1. The third-order valence-corrected chi connectivity index (χ3v) is 10.0. The predicted octanol–water partition coefficient (Wildman–Crippen LogP) is 3.61. The van der Waals surface area contributed by atoms with Crippen LogP contribution in [0.25, 0.3) is 22.0 Å². The van der Waals surface area contributed by atoms with E-state index in [0.29, 0.717) is 19.0 Å². The molecule has 2 heterocycles. The Bertz CT molecular complexity index is 1320. The quantitative estimate of drug-likeness (QED) is 0.590. The molecule has 7 nitrogen and oxygen atoms in total. The minimum Gasteiger partial charge on any atom is -0.361 e. The zero-order valence-corrected chi connectivity index (χ0v) is 20.2. The third kappa shape index (κ3) is 4.22. The monoisotopic (exact) mass is 475 g/mol. The highest BCUT2D eigenvalue weighted by Crippen LogP contribution is 2.36. The van der Waals surface area contributed by atoms with Gasteiger partial charge in [-0.3, -0.25) is 0 Å². The summed E-state index contributed by atoms with van der Waals surface area (Å²) in [7, 11) is -3.56. The molecule has 0 amide bonds. The summed E-state index contributed by atoms with van der Waals surface area (Å²) in [5.41, 5.74) is 4.21. The molecule has 1 fully saturated rings. The molecule has 4 rings (SSSR count). The van der Waals surface area contributed by atoms with Crippen LogP contribution >= 0.6 is 0 Å². The second-order valence-electron chi connectivity index (χ2n) is 8.39. The molecule has 2 aromatic carbocycles. The molecule has 0 unspecified atom stereocenters. The number of piperidine rings is 1. The molecule has 1 aromatic heterocycles. The molecule has 9 heteroatoms. The van der Waals surface area contributed by atoms with Gasteiger partial charge in [-0.2, -0.15) is 0 Å². The van der Waals surface area contributed by atoms with Crippen molar-refractivity contribution in [2.24, 2.45) is 0 Å². The molecular weight excluding hydrogens is 446 g/mol. The van der Waals surface area contributed by atoms with E-state index in [2.05, 4.69) is 11.1 Å². The van der Waals surface area contributed by atoms with Gasteiger partial charge in [0.15, 0.2) is 0 Å². The van der Waals surface area contributed by atoms with Crippen molar-refractivity contribution >= 4 is 30.9 Å². The number of aromatic nitrogens is 1. The minimum absolute atomic E-state index is 0.142. The Balaban J connectivity index is 1.60. The van der Waals surface area contributed by atoms with E-state index in [1.807, 2.05) is 30.5 Å². The van der Waals surface area contributed by atoms with Gasteiger partial charge in [0, 0.05) is 44.3 Å². The van der Waals surface area contributed by atoms with Crippen molar-refractivity contribution < 1.29 is 16.8 Å². The first-order chi connectivity index (χ1) is 15.1. The number of benzene rings is 2. The second kappa shape index (κ2) is 8.62. The maximum Gasteiger partial charge on any atom is 0.242 e. The smallest absolute Gasteiger partial charge is 0.242 e. The molecular formula is C23H29N3O4S2.